The maximum absolute atomic E-state index is 13.1. The Labute approximate surface area is 204 Å². The SMILES string of the molecule is CC[C@H](c1ccccc1)N1Cc2cc3c(cc2CC1C(=O)O)N(C)C(=O)[C@H](c1ccc(O)cc1)O3. The van der Waals surface area contributed by atoms with Crippen LogP contribution in [0, 0.1) is 0 Å². The number of anilines is 1. The van der Waals surface area contributed by atoms with Crippen molar-refractivity contribution in [2.75, 3.05) is 11.9 Å². The highest BCUT2D eigenvalue weighted by molar-refractivity contribution is 6.00. The van der Waals surface area contributed by atoms with E-state index in [-0.39, 0.29) is 17.7 Å². The minimum atomic E-state index is -0.851. The van der Waals surface area contributed by atoms with Crippen LogP contribution in [0.5, 0.6) is 11.5 Å². The Morgan fingerprint density at radius 3 is 2.46 bits per heavy atom. The van der Waals surface area contributed by atoms with Gasteiger partial charge in [0.2, 0.25) is 6.10 Å². The van der Waals surface area contributed by atoms with Crippen molar-refractivity contribution in [2.45, 2.75) is 44.5 Å². The van der Waals surface area contributed by atoms with Gasteiger partial charge in [-0.2, -0.15) is 0 Å². The van der Waals surface area contributed by atoms with Gasteiger partial charge in [-0.1, -0.05) is 49.4 Å². The Morgan fingerprint density at radius 2 is 1.80 bits per heavy atom. The molecule has 5 rings (SSSR count). The minimum absolute atomic E-state index is 0.0311. The smallest absolute Gasteiger partial charge is 0.321 e. The summed E-state index contributed by atoms with van der Waals surface area (Å²) in [6.07, 6.45) is 0.320. The number of nitrogens with zero attached hydrogens (tertiary/aromatic N) is 2. The number of amides is 1. The van der Waals surface area contributed by atoms with Crippen LogP contribution in [0.25, 0.3) is 0 Å². The van der Waals surface area contributed by atoms with Gasteiger partial charge in [-0.15, -0.1) is 0 Å². The van der Waals surface area contributed by atoms with E-state index in [1.165, 1.54) is 12.1 Å². The molecule has 0 saturated heterocycles. The second-order valence-corrected chi connectivity index (χ2v) is 9.14. The number of benzene rings is 3. The van der Waals surface area contributed by atoms with Gasteiger partial charge >= 0.3 is 5.97 Å². The molecule has 0 spiro atoms. The lowest BCUT2D eigenvalue weighted by Gasteiger charge is -2.41. The number of likely N-dealkylation sites (N-methyl/N-ethyl adjacent to an activating group) is 1. The van der Waals surface area contributed by atoms with E-state index in [1.54, 1.807) is 24.1 Å². The van der Waals surface area contributed by atoms with Crippen molar-refractivity contribution in [3.8, 4) is 11.5 Å². The third-order valence-corrected chi connectivity index (χ3v) is 7.06. The van der Waals surface area contributed by atoms with Gasteiger partial charge in [-0.05, 0) is 53.8 Å². The van der Waals surface area contributed by atoms with Crippen molar-refractivity contribution < 1.29 is 24.5 Å². The zero-order chi connectivity index (χ0) is 24.7. The second-order valence-electron chi connectivity index (χ2n) is 9.14. The number of ether oxygens (including phenoxy) is 1. The number of phenolic OH excluding ortho intramolecular Hbond substituents is 1. The van der Waals surface area contributed by atoms with Crippen molar-refractivity contribution in [1.29, 1.82) is 0 Å². The Morgan fingerprint density at radius 1 is 1.09 bits per heavy atom. The summed E-state index contributed by atoms with van der Waals surface area (Å²) in [6.45, 7) is 2.54. The van der Waals surface area contributed by atoms with Gasteiger partial charge in [0, 0.05) is 25.2 Å². The third-order valence-electron chi connectivity index (χ3n) is 7.06. The number of aliphatic carboxylic acids is 1. The first-order valence-corrected chi connectivity index (χ1v) is 11.8. The molecular weight excluding hydrogens is 444 g/mol. The molecule has 2 N–H and O–H groups in total. The molecule has 0 saturated carbocycles. The highest BCUT2D eigenvalue weighted by atomic mass is 16.5. The van der Waals surface area contributed by atoms with Crippen LogP contribution in [-0.2, 0) is 22.6 Å². The minimum Gasteiger partial charge on any atom is -0.508 e. The lowest BCUT2D eigenvalue weighted by molar-refractivity contribution is -0.145. The topological polar surface area (TPSA) is 90.3 Å². The molecule has 0 aromatic heterocycles. The first kappa shape index (κ1) is 22.9. The standard InChI is InChI=1S/C28H28N2O5/c1-3-22(17-7-5-4-6-8-17)30-16-20-15-25-23(13-19(20)14-24(30)28(33)34)29(2)27(32)26(35-25)18-9-11-21(31)12-10-18/h4-13,15,22,24,26,31H,3,14,16H2,1-2H3,(H,33,34)/t22-,24?,26+/m1/s1. The van der Waals surface area contributed by atoms with E-state index in [0.717, 1.165) is 23.1 Å². The molecule has 180 valence electrons. The Balaban J connectivity index is 1.52. The normalized spacial score (nSPS) is 20.5. The summed E-state index contributed by atoms with van der Waals surface area (Å²) in [5.74, 6) is -0.358. The molecular formula is C28H28N2O5. The number of rotatable bonds is 5. The predicted octanol–water partition coefficient (Wildman–Crippen LogP) is 4.45. The molecule has 2 aliphatic rings. The maximum Gasteiger partial charge on any atom is 0.321 e. The number of phenols is 1. The molecule has 3 atom stereocenters. The number of fused-ring (bicyclic) bond motifs is 2. The van der Waals surface area contributed by atoms with Crippen LogP contribution in [0.4, 0.5) is 5.69 Å². The van der Waals surface area contributed by atoms with E-state index in [4.69, 9.17) is 4.74 Å². The summed E-state index contributed by atoms with van der Waals surface area (Å²) in [5.41, 5.74) is 4.31. The van der Waals surface area contributed by atoms with Crippen molar-refractivity contribution in [1.82, 2.24) is 4.90 Å². The predicted molar refractivity (Wildman–Crippen MR) is 131 cm³/mol. The highest BCUT2D eigenvalue weighted by Gasteiger charge is 2.39. The number of carbonyl (C=O) groups excluding carboxylic acids is 1. The molecule has 0 bridgehead atoms. The lowest BCUT2D eigenvalue weighted by atomic mass is 9.89. The summed E-state index contributed by atoms with van der Waals surface area (Å²) < 4.78 is 6.18. The molecule has 35 heavy (non-hydrogen) atoms. The molecule has 7 heteroatoms. The van der Waals surface area contributed by atoms with E-state index in [0.29, 0.717) is 30.0 Å². The largest absolute Gasteiger partial charge is 0.508 e. The van der Waals surface area contributed by atoms with E-state index in [2.05, 4.69) is 11.8 Å². The number of carboxylic acid groups (broad SMARTS) is 1. The van der Waals surface area contributed by atoms with Gasteiger partial charge in [0.05, 0.1) is 5.69 Å². The van der Waals surface area contributed by atoms with Gasteiger partial charge < -0.3 is 19.8 Å². The quantitative estimate of drug-likeness (QED) is 0.570. The molecule has 3 aromatic rings. The fourth-order valence-corrected chi connectivity index (χ4v) is 5.21. The number of carboxylic acids is 1. The van der Waals surface area contributed by atoms with Crippen LogP contribution in [0.2, 0.25) is 0 Å². The van der Waals surface area contributed by atoms with Gasteiger partial charge in [0.1, 0.15) is 17.5 Å². The first-order chi connectivity index (χ1) is 16.9. The Hall–Kier alpha value is -3.84. The lowest BCUT2D eigenvalue weighted by Crippen LogP contribution is -2.47. The average Bonchev–Trinajstić information content (AvgIpc) is 2.86. The summed E-state index contributed by atoms with van der Waals surface area (Å²) in [4.78, 5) is 29.0. The zero-order valence-corrected chi connectivity index (χ0v) is 19.7. The summed E-state index contributed by atoms with van der Waals surface area (Å²) in [7, 11) is 1.70. The number of hydrogen-bond donors (Lipinski definition) is 2. The molecule has 1 unspecified atom stereocenters. The summed E-state index contributed by atoms with van der Waals surface area (Å²) in [5, 5.41) is 19.7. The number of aromatic hydroxyl groups is 1. The molecule has 3 aromatic carbocycles. The van der Waals surface area contributed by atoms with E-state index in [1.807, 2.05) is 42.5 Å². The van der Waals surface area contributed by atoms with Gasteiger partial charge in [-0.3, -0.25) is 14.5 Å². The Bertz CT molecular complexity index is 1260. The maximum atomic E-state index is 13.1. The monoisotopic (exact) mass is 472 g/mol. The van der Waals surface area contributed by atoms with Crippen LogP contribution in [0.1, 0.15) is 47.7 Å². The van der Waals surface area contributed by atoms with Crippen LogP contribution in [0.15, 0.2) is 66.7 Å². The van der Waals surface area contributed by atoms with E-state index in [9.17, 15) is 19.8 Å². The molecule has 1 amide bonds. The molecule has 2 aliphatic heterocycles. The van der Waals surface area contributed by atoms with Crippen molar-refractivity contribution in [3.63, 3.8) is 0 Å². The average molecular weight is 473 g/mol. The molecule has 0 fully saturated rings. The number of carbonyl (C=O) groups is 2. The van der Waals surface area contributed by atoms with Crippen molar-refractivity contribution in [2.24, 2.45) is 0 Å². The molecule has 7 nitrogen and oxygen atoms in total. The van der Waals surface area contributed by atoms with Crippen molar-refractivity contribution >= 4 is 17.6 Å². The Kier molecular flexibility index (Phi) is 5.94. The third kappa shape index (κ3) is 4.12. The first-order valence-electron chi connectivity index (χ1n) is 11.8. The number of hydrogen-bond acceptors (Lipinski definition) is 5. The molecule has 0 radical (unpaired) electrons. The van der Waals surface area contributed by atoms with Gasteiger partial charge in [0.15, 0.2) is 0 Å². The van der Waals surface area contributed by atoms with Crippen LogP contribution < -0.4 is 9.64 Å². The van der Waals surface area contributed by atoms with Crippen molar-refractivity contribution in [3.05, 3.63) is 89.0 Å². The van der Waals surface area contributed by atoms with Crippen LogP contribution in [-0.4, -0.2) is 40.1 Å². The van der Waals surface area contributed by atoms with Gasteiger partial charge in [0.25, 0.3) is 5.91 Å². The van der Waals surface area contributed by atoms with E-state index < -0.39 is 18.1 Å². The summed E-state index contributed by atoms with van der Waals surface area (Å²) >= 11 is 0. The van der Waals surface area contributed by atoms with Crippen LogP contribution >= 0.6 is 0 Å². The van der Waals surface area contributed by atoms with E-state index >= 15 is 0 Å². The fraction of sp³-hybridized carbons (Fsp3) is 0.286. The summed E-state index contributed by atoms with van der Waals surface area (Å²) in [6, 6.07) is 19.6. The second kappa shape index (κ2) is 9.07. The molecule has 2 heterocycles. The zero-order valence-electron chi connectivity index (χ0n) is 19.7. The highest BCUT2D eigenvalue weighted by Crippen LogP contribution is 2.43. The van der Waals surface area contributed by atoms with Gasteiger partial charge in [-0.25, -0.2) is 0 Å². The van der Waals surface area contributed by atoms with Crippen LogP contribution in [0.3, 0.4) is 0 Å². The fourth-order valence-electron chi connectivity index (χ4n) is 5.21. The molecule has 0 aliphatic carbocycles.